The molecule has 0 aromatic carbocycles. The zero-order chi connectivity index (χ0) is 18.8. The first-order chi connectivity index (χ1) is 12.4. The Labute approximate surface area is 152 Å². The Hall–Kier alpha value is -1.99. The third kappa shape index (κ3) is 3.59. The van der Waals surface area contributed by atoms with E-state index in [0.717, 1.165) is 0 Å². The molecule has 2 aromatic rings. The van der Waals surface area contributed by atoms with Crippen molar-refractivity contribution in [2.24, 2.45) is 5.73 Å². The number of nitrogens with zero attached hydrogens (tertiary/aromatic N) is 3. The number of aromatic nitrogens is 4. The Morgan fingerprint density at radius 3 is 2.85 bits per heavy atom. The van der Waals surface area contributed by atoms with Crippen molar-refractivity contribution in [3.63, 3.8) is 0 Å². The molecule has 12 heteroatoms. The van der Waals surface area contributed by atoms with Crippen LogP contribution in [0.2, 0.25) is 0 Å². The van der Waals surface area contributed by atoms with Gasteiger partial charge >= 0.3 is 5.97 Å². The van der Waals surface area contributed by atoms with Crippen LogP contribution in [-0.4, -0.2) is 77.3 Å². The van der Waals surface area contributed by atoms with Crippen LogP contribution in [0.1, 0.15) is 18.2 Å². The summed E-state index contributed by atoms with van der Waals surface area (Å²) in [6.07, 6.45) is -2.14. The standard InChI is InChI=1S/C14H20N6O5S/c15-5(14(23)24)1-2-26-3-6-10(21)11(22)12(25-6)8-7-9(20-19-8)13(16)18-4-17-7/h4-6,10-12,21-22H,1-3,15H2,(H,19,20)(H,23,24)(H2,16,17,18). The molecular formula is C14H20N6O5S. The van der Waals surface area contributed by atoms with E-state index in [9.17, 15) is 15.0 Å². The second-order valence-electron chi connectivity index (χ2n) is 5.98. The van der Waals surface area contributed by atoms with Crippen LogP contribution in [-0.2, 0) is 9.53 Å². The summed E-state index contributed by atoms with van der Waals surface area (Å²) >= 11 is 1.40. The van der Waals surface area contributed by atoms with Crippen molar-refractivity contribution in [2.75, 3.05) is 17.2 Å². The molecule has 0 amide bonds. The fourth-order valence-electron chi connectivity index (χ4n) is 2.73. The van der Waals surface area contributed by atoms with Crippen molar-refractivity contribution >= 4 is 34.6 Å². The number of rotatable bonds is 7. The number of thioether (sulfide) groups is 1. The van der Waals surface area contributed by atoms with Crippen LogP contribution in [0.3, 0.4) is 0 Å². The van der Waals surface area contributed by atoms with Gasteiger partial charge in [0.05, 0.1) is 11.8 Å². The van der Waals surface area contributed by atoms with Gasteiger partial charge in [-0.15, -0.1) is 0 Å². The average molecular weight is 384 g/mol. The largest absolute Gasteiger partial charge is 0.480 e. The molecule has 3 heterocycles. The molecule has 3 rings (SSSR count). The molecule has 0 spiro atoms. The molecular weight excluding hydrogens is 364 g/mol. The normalized spacial score (nSPS) is 27.0. The first-order valence-electron chi connectivity index (χ1n) is 7.92. The number of aliphatic hydroxyl groups is 2. The summed E-state index contributed by atoms with van der Waals surface area (Å²) in [7, 11) is 0. The molecule has 0 aliphatic carbocycles. The van der Waals surface area contributed by atoms with E-state index in [4.69, 9.17) is 21.3 Å². The SMILES string of the molecule is Nc1ncnc2c(C3OC(CSCCC(N)C(=O)O)C(O)C3O)[nH]nc12. The lowest BCUT2D eigenvalue weighted by molar-refractivity contribution is -0.138. The molecule has 1 fully saturated rings. The van der Waals surface area contributed by atoms with E-state index in [1.165, 1.54) is 18.1 Å². The molecule has 8 N–H and O–H groups in total. The van der Waals surface area contributed by atoms with Crippen LogP contribution in [0.25, 0.3) is 11.0 Å². The Bertz CT molecular complexity index is 788. The molecule has 1 aliphatic heterocycles. The smallest absolute Gasteiger partial charge is 0.320 e. The van der Waals surface area contributed by atoms with Crippen LogP contribution < -0.4 is 11.5 Å². The average Bonchev–Trinajstić information content (AvgIpc) is 3.15. The van der Waals surface area contributed by atoms with Crippen molar-refractivity contribution < 1.29 is 24.9 Å². The number of carboxylic acids is 1. The summed E-state index contributed by atoms with van der Waals surface area (Å²) in [5.41, 5.74) is 12.4. The highest BCUT2D eigenvalue weighted by Crippen LogP contribution is 2.36. The number of aliphatic carboxylic acids is 1. The third-order valence-corrected chi connectivity index (χ3v) is 5.30. The molecule has 0 saturated carbocycles. The fourth-order valence-corrected chi connectivity index (χ4v) is 3.82. The van der Waals surface area contributed by atoms with E-state index in [1.54, 1.807) is 0 Å². The van der Waals surface area contributed by atoms with Gasteiger partial charge in [0.25, 0.3) is 0 Å². The van der Waals surface area contributed by atoms with Crippen LogP contribution >= 0.6 is 11.8 Å². The van der Waals surface area contributed by atoms with Gasteiger partial charge in [-0.3, -0.25) is 9.89 Å². The Morgan fingerprint density at radius 1 is 1.35 bits per heavy atom. The molecule has 5 atom stereocenters. The summed E-state index contributed by atoms with van der Waals surface area (Å²) in [6.45, 7) is 0. The quantitative estimate of drug-likeness (QED) is 0.308. The molecule has 1 aliphatic rings. The number of aromatic amines is 1. The number of aliphatic hydroxyl groups excluding tert-OH is 2. The van der Waals surface area contributed by atoms with Crippen molar-refractivity contribution in [1.29, 1.82) is 0 Å². The fraction of sp³-hybridized carbons (Fsp3) is 0.571. The Kier molecular flexibility index (Phi) is 5.58. The first kappa shape index (κ1) is 18.8. The second kappa shape index (κ2) is 7.72. The Balaban J connectivity index is 1.64. The summed E-state index contributed by atoms with van der Waals surface area (Å²) in [5, 5.41) is 36.1. The van der Waals surface area contributed by atoms with Crippen molar-refractivity contribution in [3.8, 4) is 0 Å². The van der Waals surface area contributed by atoms with Crippen molar-refractivity contribution in [1.82, 2.24) is 20.2 Å². The minimum absolute atomic E-state index is 0.201. The zero-order valence-corrected chi connectivity index (χ0v) is 14.5. The number of anilines is 1. The molecule has 5 unspecified atom stereocenters. The maximum Gasteiger partial charge on any atom is 0.320 e. The number of nitrogen functional groups attached to an aromatic ring is 1. The maximum atomic E-state index is 10.7. The van der Waals surface area contributed by atoms with E-state index < -0.39 is 36.4 Å². The van der Waals surface area contributed by atoms with Crippen molar-refractivity contribution in [2.45, 2.75) is 36.9 Å². The number of fused-ring (bicyclic) bond motifs is 1. The molecule has 0 radical (unpaired) electrons. The minimum Gasteiger partial charge on any atom is -0.480 e. The van der Waals surface area contributed by atoms with Crippen LogP contribution in [0.15, 0.2) is 6.33 Å². The highest BCUT2D eigenvalue weighted by molar-refractivity contribution is 7.99. The van der Waals surface area contributed by atoms with E-state index in [1.807, 2.05) is 0 Å². The maximum absolute atomic E-state index is 10.7. The molecule has 1 saturated heterocycles. The number of carboxylic acid groups (broad SMARTS) is 1. The summed E-state index contributed by atoms with van der Waals surface area (Å²) < 4.78 is 5.79. The molecule has 2 aromatic heterocycles. The predicted octanol–water partition coefficient (Wildman–Crippen LogP) is -1.37. The second-order valence-corrected chi connectivity index (χ2v) is 7.13. The highest BCUT2D eigenvalue weighted by atomic mass is 32.2. The summed E-state index contributed by atoms with van der Waals surface area (Å²) in [6, 6.07) is -0.920. The van der Waals surface area contributed by atoms with E-state index in [2.05, 4.69) is 20.2 Å². The molecule has 0 bridgehead atoms. The third-order valence-electron chi connectivity index (χ3n) is 4.21. The van der Waals surface area contributed by atoms with Gasteiger partial charge in [-0.2, -0.15) is 16.9 Å². The number of hydrogen-bond donors (Lipinski definition) is 6. The lowest BCUT2D eigenvalue weighted by Crippen LogP contribution is -2.32. The minimum atomic E-state index is -1.17. The van der Waals surface area contributed by atoms with Gasteiger partial charge in [0, 0.05) is 5.75 Å². The monoisotopic (exact) mass is 384 g/mol. The van der Waals surface area contributed by atoms with Gasteiger partial charge in [-0.25, -0.2) is 9.97 Å². The summed E-state index contributed by atoms with van der Waals surface area (Å²) in [4.78, 5) is 18.6. The topological polar surface area (TPSA) is 193 Å². The Morgan fingerprint density at radius 2 is 2.12 bits per heavy atom. The summed E-state index contributed by atoms with van der Waals surface area (Å²) in [5.74, 6) is 0.0278. The van der Waals surface area contributed by atoms with Crippen molar-refractivity contribution in [3.05, 3.63) is 12.0 Å². The van der Waals surface area contributed by atoms with Gasteiger partial charge in [0.15, 0.2) is 11.3 Å². The number of carbonyl (C=O) groups is 1. The van der Waals surface area contributed by atoms with Crippen LogP contribution in [0, 0.1) is 0 Å². The van der Waals surface area contributed by atoms with Gasteiger partial charge in [0.1, 0.15) is 36.2 Å². The van der Waals surface area contributed by atoms with Gasteiger partial charge in [-0.05, 0) is 12.2 Å². The number of hydrogen-bond acceptors (Lipinski definition) is 10. The van der Waals surface area contributed by atoms with E-state index in [-0.39, 0.29) is 5.82 Å². The number of H-pyrrole nitrogens is 1. The van der Waals surface area contributed by atoms with Gasteiger partial charge in [0.2, 0.25) is 0 Å². The number of nitrogens with one attached hydrogen (secondary N) is 1. The number of ether oxygens (including phenoxy) is 1. The van der Waals surface area contributed by atoms with Crippen LogP contribution in [0.4, 0.5) is 5.82 Å². The first-order valence-corrected chi connectivity index (χ1v) is 9.07. The molecule has 11 nitrogen and oxygen atoms in total. The predicted molar refractivity (Wildman–Crippen MR) is 93.3 cm³/mol. The lowest BCUT2D eigenvalue weighted by Gasteiger charge is -2.14. The molecule has 26 heavy (non-hydrogen) atoms. The van der Waals surface area contributed by atoms with E-state index >= 15 is 0 Å². The number of nitrogens with two attached hydrogens (primary N) is 2. The van der Waals surface area contributed by atoms with Gasteiger partial charge in [-0.1, -0.05) is 0 Å². The highest BCUT2D eigenvalue weighted by Gasteiger charge is 2.44. The van der Waals surface area contributed by atoms with E-state index in [0.29, 0.717) is 34.7 Å². The van der Waals surface area contributed by atoms with Crippen LogP contribution in [0.5, 0.6) is 0 Å². The lowest BCUT2D eigenvalue weighted by atomic mass is 10.1. The van der Waals surface area contributed by atoms with Gasteiger partial charge < -0.3 is 31.5 Å². The molecule has 142 valence electrons. The zero-order valence-electron chi connectivity index (χ0n) is 13.6.